The average Bonchev–Trinajstić information content (AvgIpc) is 2.59. The molecule has 0 unspecified atom stereocenters. The molecule has 0 saturated heterocycles. The highest BCUT2D eigenvalue weighted by Gasteiger charge is 2.26. The molecule has 0 spiro atoms. The number of rotatable bonds is 6. The fraction of sp³-hybridized carbons (Fsp3) is 0.118. The standard InChI is InChI=1S/C17H16ClNO4S/c1-3-11-19(13-7-5-4-6-8-13)24(21,22)14-9-10-16(18)15(12-14)17(20)23-2/h3-10,12H,1,11H2,2H3. The lowest BCUT2D eigenvalue weighted by molar-refractivity contribution is 0.0600. The van der Waals surface area contributed by atoms with E-state index in [2.05, 4.69) is 11.3 Å². The molecule has 0 saturated carbocycles. The summed E-state index contributed by atoms with van der Waals surface area (Å²) < 4.78 is 31.8. The maximum Gasteiger partial charge on any atom is 0.339 e. The number of benzene rings is 2. The molecule has 0 aliphatic carbocycles. The molecule has 2 rings (SSSR count). The van der Waals surface area contributed by atoms with E-state index in [0.29, 0.717) is 5.69 Å². The maximum absolute atomic E-state index is 13.0. The Morgan fingerprint density at radius 3 is 2.50 bits per heavy atom. The van der Waals surface area contributed by atoms with Crippen LogP contribution in [0.25, 0.3) is 0 Å². The van der Waals surface area contributed by atoms with Crippen LogP contribution in [0.4, 0.5) is 5.69 Å². The first-order chi connectivity index (χ1) is 11.4. The van der Waals surface area contributed by atoms with Crippen molar-refractivity contribution in [1.82, 2.24) is 0 Å². The molecule has 0 aliphatic heterocycles. The fourth-order valence-corrected chi connectivity index (χ4v) is 3.77. The zero-order valence-corrected chi connectivity index (χ0v) is 14.5. The van der Waals surface area contributed by atoms with Gasteiger partial charge in [-0.25, -0.2) is 13.2 Å². The molecule has 0 atom stereocenters. The van der Waals surface area contributed by atoms with Gasteiger partial charge in [-0.15, -0.1) is 6.58 Å². The third-order valence-corrected chi connectivity index (χ3v) is 5.39. The molecule has 24 heavy (non-hydrogen) atoms. The van der Waals surface area contributed by atoms with Gasteiger partial charge in [-0.3, -0.25) is 4.31 Å². The summed E-state index contributed by atoms with van der Waals surface area (Å²) in [6.45, 7) is 3.69. The number of hydrogen-bond acceptors (Lipinski definition) is 4. The molecule has 0 amide bonds. The maximum atomic E-state index is 13.0. The quantitative estimate of drug-likeness (QED) is 0.580. The van der Waals surface area contributed by atoms with E-state index >= 15 is 0 Å². The number of methoxy groups -OCH3 is 1. The number of para-hydroxylation sites is 1. The predicted octanol–water partition coefficient (Wildman–Crippen LogP) is 3.51. The van der Waals surface area contributed by atoms with Crippen LogP contribution in [0.15, 0.2) is 66.1 Å². The van der Waals surface area contributed by atoms with Crippen molar-refractivity contribution in [2.75, 3.05) is 18.0 Å². The summed E-state index contributed by atoms with van der Waals surface area (Å²) in [6.07, 6.45) is 1.49. The van der Waals surface area contributed by atoms with Gasteiger partial charge in [0.1, 0.15) is 0 Å². The molecular weight excluding hydrogens is 350 g/mol. The van der Waals surface area contributed by atoms with Crippen molar-refractivity contribution >= 4 is 33.3 Å². The Morgan fingerprint density at radius 2 is 1.92 bits per heavy atom. The lowest BCUT2D eigenvalue weighted by Crippen LogP contribution is -2.31. The summed E-state index contributed by atoms with van der Waals surface area (Å²) in [5.74, 6) is -0.702. The van der Waals surface area contributed by atoms with Crippen molar-refractivity contribution < 1.29 is 17.9 Å². The summed E-state index contributed by atoms with van der Waals surface area (Å²) in [7, 11) is -2.70. The molecule has 0 fully saturated rings. The van der Waals surface area contributed by atoms with E-state index in [-0.39, 0.29) is 22.0 Å². The zero-order valence-electron chi connectivity index (χ0n) is 13.0. The summed E-state index contributed by atoms with van der Waals surface area (Å²) in [6, 6.07) is 12.5. The monoisotopic (exact) mass is 365 g/mol. The van der Waals surface area contributed by atoms with Crippen LogP contribution in [0, 0.1) is 0 Å². The third-order valence-electron chi connectivity index (χ3n) is 3.27. The van der Waals surface area contributed by atoms with Gasteiger partial charge in [0.2, 0.25) is 0 Å². The molecular formula is C17H16ClNO4S. The van der Waals surface area contributed by atoms with Crippen molar-refractivity contribution in [3.05, 3.63) is 71.8 Å². The topological polar surface area (TPSA) is 63.7 Å². The lowest BCUT2D eigenvalue weighted by Gasteiger charge is -2.23. The summed E-state index contributed by atoms with van der Waals surface area (Å²) >= 11 is 5.95. The Morgan fingerprint density at radius 1 is 1.25 bits per heavy atom. The highest BCUT2D eigenvalue weighted by Crippen LogP contribution is 2.27. The van der Waals surface area contributed by atoms with E-state index in [0.717, 1.165) is 0 Å². The number of halogens is 1. The van der Waals surface area contributed by atoms with E-state index in [1.165, 1.54) is 35.7 Å². The second kappa shape index (κ2) is 7.51. The van der Waals surface area contributed by atoms with Crippen LogP contribution < -0.4 is 4.31 Å². The first-order valence-corrected chi connectivity index (χ1v) is 8.80. The van der Waals surface area contributed by atoms with Crippen LogP contribution in [0.1, 0.15) is 10.4 Å². The number of esters is 1. The van der Waals surface area contributed by atoms with Crippen molar-refractivity contribution in [1.29, 1.82) is 0 Å². The lowest BCUT2D eigenvalue weighted by atomic mass is 10.2. The molecule has 0 N–H and O–H groups in total. The van der Waals surface area contributed by atoms with Gasteiger partial charge >= 0.3 is 5.97 Å². The molecule has 2 aromatic carbocycles. The predicted molar refractivity (Wildman–Crippen MR) is 94.0 cm³/mol. The summed E-state index contributed by atoms with van der Waals surface area (Å²) in [5.41, 5.74) is 0.485. The number of nitrogens with zero attached hydrogens (tertiary/aromatic N) is 1. The SMILES string of the molecule is C=CCN(c1ccccc1)S(=O)(=O)c1ccc(Cl)c(C(=O)OC)c1. The van der Waals surface area contributed by atoms with Gasteiger partial charge < -0.3 is 4.74 Å². The number of sulfonamides is 1. The Kier molecular flexibility index (Phi) is 5.64. The van der Waals surface area contributed by atoms with Gasteiger partial charge in [-0.2, -0.15) is 0 Å². The zero-order chi connectivity index (χ0) is 17.7. The van der Waals surface area contributed by atoms with Gasteiger partial charge in [0.25, 0.3) is 10.0 Å². The number of hydrogen-bond donors (Lipinski definition) is 0. The second-order valence-corrected chi connectivity index (χ2v) is 7.06. The van der Waals surface area contributed by atoms with Crippen molar-refractivity contribution in [3.8, 4) is 0 Å². The highest BCUT2D eigenvalue weighted by atomic mass is 35.5. The molecule has 0 radical (unpaired) electrons. The van der Waals surface area contributed by atoms with E-state index < -0.39 is 16.0 Å². The van der Waals surface area contributed by atoms with E-state index in [1.807, 2.05) is 0 Å². The largest absolute Gasteiger partial charge is 0.465 e. The van der Waals surface area contributed by atoms with Gasteiger partial charge in [0, 0.05) is 0 Å². The smallest absolute Gasteiger partial charge is 0.339 e. The van der Waals surface area contributed by atoms with Crippen molar-refractivity contribution in [2.24, 2.45) is 0 Å². The molecule has 5 nitrogen and oxygen atoms in total. The number of carbonyl (C=O) groups is 1. The number of ether oxygens (including phenoxy) is 1. The molecule has 0 aromatic heterocycles. The number of carbonyl (C=O) groups excluding carboxylic acids is 1. The highest BCUT2D eigenvalue weighted by molar-refractivity contribution is 7.92. The minimum absolute atomic E-state index is 0.00754. The van der Waals surface area contributed by atoms with Crippen LogP contribution in [-0.2, 0) is 14.8 Å². The Labute approximate surface area is 146 Å². The second-order valence-electron chi connectivity index (χ2n) is 4.79. The molecule has 0 bridgehead atoms. The fourth-order valence-electron chi connectivity index (χ4n) is 2.11. The summed E-state index contributed by atoms with van der Waals surface area (Å²) in [5, 5.41) is 0.121. The molecule has 7 heteroatoms. The first-order valence-electron chi connectivity index (χ1n) is 6.98. The number of anilines is 1. The first kappa shape index (κ1) is 18.0. The Balaban J connectivity index is 2.55. The Bertz CT molecular complexity index is 850. The molecule has 0 heterocycles. The van der Waals surface area contributed by atoms with Crippen LogP contribution in [-0.4, -0.2) is 28.0 Å². The minimum atomic E-state index is -3.90. The Hall–Kier alpha value is -2.31. The van der Waals surface area contributed by atoms with Crippen molar-refractivity contribution in [3.63, 3.8) is 0 Å². The van der Waals surface area contributed by atoms with Crippen LogP contribution >= 0.6 is 11.6 Å². The molecule has 0 aliphatic rings. The van der Waals surface area contributed by atoms with Crippen molar-refractivity contribution in [2.45, 2.75) is 4.90 Å². The van der Waals surface area contributed by atoms with E-state index in [1.54, 1.807) is 30.3 Å². The van der Waals surface area contributed by atoms with Crippen LogP contribution in [0.3, 0.4) is 0 Å². The van der Waals surface area contributed by atoms with E-state index in [4.69, 9.17) is 11.6 Å². The minimum Gasteiger partial charge on any atom is -0.465 e. The summed E-state index contributed by atoms with van der Waals surface area (Å²) in [4.78, 5) is 11.7. The van der Waals surface area contributed by atoms with Gasteiger partial charge in [0.05, 0.1) is 34.8 Å². The van der Waals surface area contributed by atoms with Gasteiger partial charge in [0.15, 0.2) is 0 Å². The normalized spacial score (nSPS) is 10.9. The molecule has 2 aromatic rings. The van der Waals surface area contributed by atoms with Gasteiger partial charge in [-0.05, 0) is 30.3 Å². The third kappa shape index (κ3) is 3.60. The van der Waals surface area contributed by atoms with E-state index in [9.17, 15) is 13.2 Å². The van der Waals surface area contributed by atoms with Crippen LogP contribution in [0.5, 0.6) is 0 Å². The van der Waals surface area contributed by atoms with Crippen LogP contribution in [0.2, 0.25) is 5.02 Å². The van der Waals surface area contributed by atoms with Gasteiger partial charge in [-0.1, -0.05) is 35.9 Å². The molecule has 126 valence electrons. The average molecular weight is 366 g/mol.